The van der Waals surface area contributed by atoms with Gasteiger partial charge in [-0.05, 0) is 18.6 Å². The third kappa shape index (κ3) is 3.35. The minimum atomic E-state index is -0.530. The lowest BCUT2D eigenvalue weighted by molar-refractivity contribution is 0.0529. The van der Waals surface area contributed by atoms with Gasteiger partial charge in [0.2, 0.25) is 5.82 Å². The van der Waals surface area contributed by atoms with Crippen molar-refractivity contribution < 1.29 is 14.3 Å². The van der Waals surface area contributed by atoms with E-state index in [-0.39, 0.29) is 12.4 Å². The summed E-state index contributed by atoms with van der Waals surface area (Å²) < 4.78 is 6.60. The molecule has 140 valence electrons. The molecule has 0 spiro atoms. The van der Waals surface area contributed by atoms with Crippen LogP contribution in [0.25, 0.3) is 16.9 Å². The topological polar surface area (TPSA) is 98.5 Å². The number of fused-ring (bicyclic) bond motifs is 1. The van der Waals surface area contributed by atoms with Crippen LogP contribution in [-0.4, -0.2) is 38.1 Å². The van der Waals surface area contributed by atoms with Crippen LogP contribution in [0.5, 0.6) is 0 Å². The molecule has 28 heavy (non-hydrogen) atoms. The monoisotopic (exact) mass is 393 g/mol. The summed E-state index contributed by atoms with van der Waals surface area (Å²) in [6.07, 6.45) is 3.21. The van der Waals surface area contributed by atoms with E-state index in [0.29, 0.717) is 21.9 Å². The van der Waals surface area contributed by atoms with Gasteiger partial charge >= 0.3 is 5.97 Å². The number of carbonyl (C=O) groups excluding carboxylic acids is 2. The molecule has 0 saturated carbocycles. The number of aromatic nitrogens is 4. The Morgan fingerprint density at radius 3 is 2.79 bits per heavy atom. The number of thiophene rings is 1. The summed E-state index contributed by atoms with van der Waals surface area (Å²) in [6, 6.07) is 11.1. The zero-order chi connectivity index (χ0) is 19.5. The fourth-order valence-electron chi connectivity index (χ4n) is 2.67. The van der Waals surface area contributed by atoms with E-state index < -0.39 is 11.9 Å². The van der Waals surface area contributed by atoms with E-state index in [1.807, 2.05) is 35.7 Å². The lowest BCUT2D eigenvalue weighted by Gasteiger charge is -2.08. The minimum absolute atomic E-state index is 0.0387. The van der Waals surface area contributed by atoms with Crippen molar-refractivity contribution in [3.05, 3.63) is 65.6 Å². The standard InChI is InChI=1S/C19H15N5O3S/c1-2-27-18(26)14-13(12-7-4-3-5-8-12)11-28-17(14)22-16(25)15-21-19-20-9-6-10-24(19)23-15/h3-11H,2H2,1H3,(H,22,25). The van der Waals surface area contributed by atoms with Crippen molar-refractivity contribution in [3.8, 4) is 11.1 Å². The quantitative estimate of drug-likeness (QED) is 0.523. The Bertz CT molecular complexity index is 1120. The number of rotatable bonds is 5. The zero-order valence-electron chi connectivity index (χ0n) is 14.8. The molecule has 3 aromatic heterocycles. The van der Waals surface area contributed by atoms with Gasteiger partial charge in [-0.25, -0.2) is 14.3 Å². The van der Waals surface area contributed by atoms with Gasteiger partial charge in [-0.2, -0.15) is 4.98 Å². The largest absolute Gasteiger partial charge is 0.462 e. The van der Waals surface area contributed by atoms with Gasteiger partial charge in [0.15, 0.2) is 0 Å². The SMILES string of the molecule is CCOC(=O)c1c(-c2ccccc2)csc1NC(=O)c1nc2ncccn2n1. The third-order valence-electron chi connectivity index (χ3n) is 3.90. The van der Waals surface area contributed by atoms with E-state index in [1.165, 1.54) is 15.9 Å². The molecule has 0 fully saturated rings. The number of anilines is 1. The van der Waals surface area contributed by atoms with Gasteiger partial charge in [0.05, 0.1) is 6.61 Å². The third-order valence-corrected chi connectivity index (χ3v) is 4.80. The Kier molecular flexibility index (Phi) is 4.81. The predicted octanol–water partition coefficient (Wildman–Crippen LogP) is 3.28. The summed E-state index contributed by atoms with van der Waals surface area (Å²) in [5, 5.41) is 9.03. The Morgan fingerprint density at radius 1 is 1.21 bits per heavy atom. The molecule has 1 aromatic carbocycles. The second-order valence-electron chi connectivity index (χ2n) is 5.69. The van der Waals surface area contributed by atoms with Gasteiger partial charge in [-0.15, -0.1) is 16.4 Å². The van der Waals surface area contributed by atoms with Crippen LogP contribution in [0.2, 0.25) is 0 Å². The van der Waals surface area contributed by atoms with Crippen molar-refractivity contribution in [2.45, 2.75) is 6.92 Å². The second kappa shape index (κ2) is 7.57. The molecule has 4 aromatic rings. The van der Waals surface area contributed by atoms with Gasteiger partial charge in [0.1, 0.15) is 10.6 Å². The van der Waals surface area contributed by atoms with Crippen LogP contribution in [-0.2, 0) is 4.74 Å². The number of hydrogen-bond donors (Lipinski definition) is 1. The van der Waals surface area contributed by atoms with Crippen LogP contribution in [0.4, 0.5) is 5.00 Å². The van der Waals surface area contributed by atoms with Crippen LogP contribution >= 0.6 is 11.3 Å². The number of nitrogens with zero attached hydrogens (tertiary/aromatic N) is 4. The summed E-state index contributed by atoms with van der Waals surface area (Å²) in [5.74, 6) is -0.752. The molecule has 3 heterocycles. The first kappa shape index (κ1) is 17.8. The number of amides is 1. The first-order valence-corrected chi connectivity index (χ1v) is 9.38. The summed E-state index contributed by atoms with van der Waals surface area (Å²) in [5.41, 5.74) is 1.87. The molecule has 0 unspecified atom stereocenters. The summed E-state index contributed by atoms with van der Waals surface area (Å²) in [7, 11) is 0. The normalized spacial score (nSPS) is 10.8. The number of nitrogens with one attached hydrogen (secondary N) is 1. The average molecular weight is 393 g/mol. The Labute approximate surface area is 163 Å². The minimum Gasteiger partial charge on any atom is -0.462 e. The summed E-state index contributed by atoms with van der Waals surface area (Å²) in [6.45, 7) is 1.97. The van der Waals surface area contributed by atoms with Crippen LogP contribution < -0.4 is 5.32 Å². The maximum atomic E-state index is 12.6. The van der Waals surface area contributed by atoms with Crippen molar-refractivity contribution in [3.63, 3.8) is 0 Å². The lowest BCUT2D eigenvalue weighted by Crippen LogP contribution is -2.16. The van der Waals surface area contributed by atoms with E-state index in [1.54, 1.807) is 25.4 Å². The number of benzene rings is 1. The van der Waals surface area contributed by atoms with E-state index in [2.05, 4.69) is 20.4 Å². The van der Waals surface area contributed by atoms with Crippen molar-refractivity contribution in [2.75, 3.05) is 11.9 Å². The van der Waals surface area contributed by atoms with Crippen LogP contribution in [0.3, 0.4) is 0 Å². The maximum absolute atomic E-state index is 12.6. The molecule has 0 saturated heterocycles. The molecule has 0 bridgehead atoms. The van der Waals surface area contributed by atoms with Crippen molar-refractivity contribution >= 4 is 34.0 Å². The fourth-order valence-corrected chi connectivity index (χ4v) is 3.63. The molecule has 8 nitrogen and oxygen atoms in total. The highest BCUT2D eigenvalue weighted by Crippen LogP contribution is 2.36. The fraction of sp³-hybridized carbons (Fsp3) is 0.105. The molecule has 1 N–H and O–H groups in total. The first-order valence-electron chi connectivity index (χ1n) is 8.50. The number of ether oxygens (including phenoxy) is 1. The van der Waals surface area contributed by atoms with Gasteiger partial charge in [-0.1, -0.05) is 30.3 Å². The Morgan fingerprint density at radius 2 is 2.04 bits per heavy atom. The Hall–Kier alpha value is -3.59. The van der Waals surface area contributed by atoms with Crippen LogP contribution in [0.15, 0.2) is 54.2 Å². The van der Waals surface area contributed by atoms with Crippen molar-refractivity contribution in [1.82, 2.24) is 19.6 Å². The van der Waals surface area contributed by atoms with E-state index >= 15 is 0 Å². The predicted molar refractivity (Wildman–Crippen MR) is 104 cm³/mol. The number of carbonyl (C=O) groups is 2. The summed E-state index contributed by atoms with van der Waals surface area (Å²) in [4.78, 5) is 33.4. The van der Waals surface area contributed by atoms with Crippen molar-refractivity contribution in [1.29, 1.82) is 0 Å². The average Bonchev–Trinajstić information content (AvgIpc) is 3.33. The molecule has 0 aliphatic rings. The van der Waals surface area contributed by atoms with Gasteiger partial charge in [0, 0.05) is 23.3 Å². The molecular formula is C19H15N5O3S. The zero-order valence-corrected chi connectivity index (χ0v) is 15.6. The lowest BCUT2D eigenvalue weighted by atomic mass is 10.0. The summed E-state index contributed by atoms with van der Waals surface area (Å²) >= 11 is 1.24. The van der Waals surface area contributed by atoms with Gasteiger partial charge < -0.3 is 10.1 Å². The highest BCUT2D eigenvalue weighted by atomic mass is 32.1. The highest BCUT2D eigenvalue weighted by molar-refractivity contribution is 7.15. The van der Waals surface area contributed by atoms with Crippen LogP contribution in [0.1, 0.15) is 27.9 Å². The van der Waals surface area contributed by atoms with Gasteiger partial charge in [0.25, 0.3) is 11.7 Å². The molecule has 1 amide bonds. The second-order valence-corrected chi connectivity index (χ2v) is 6.57. The maximum Gasteiger partial charge on any atom is 0.341 e. The van der Waals surface area contributed by atoms with E-state index in [9.17, 15) is 9.59 Å². The molecular weight excluding hydrogens is 378 g/mol. The highest BCUT2D eigenvalue weighted by Gasteiger charge is 2.24. The number of hydrogen-bond acceptors (Lipinski definition) is 7. The van der Waals surface area contributed by atoms with Crippen molar-refractivity contribution in [2.24, 2.45) is 0 Å². The first-order chi connectivity index (χ1) is 13.7. The molecule has 0 aliphatic carbocycles. The Balaban J connectivity index is 1.69. The molecule has 4 rings (SSSR count). The molecule has 0 radical (unpaired) electrons. The smallest absolute Gasteiger partial charge is 0.341 e. The number of esters is 1. The molecule has 0 aliphatic heterocycles. The van der Waals surface area contributed by atoms with Gasteiger partial charge in [-0.3, -0.25) is 4.79 Å². The van der Waals surface area contributed by atoms with Crippen LogP contribution in [0, 0.1) is 0 Å². The van der Waals surface area contributed by atoms with E-state index in [0.717, 1.165) is 5.56 Å². The molecule has 9 heteroatoms. The molecule has 0 atom stereocenters. The van der Waals surface area contributed by atoms with E-state index in [4.69, 9.17) is 4.74 Å².